The van der Waals surface area contributed by atoms with Gasteiger partial charge >= 0.3 is 0 Å². The molecular formula is C18H14N4O4S. The van der Waals surface area contributed by atoms with E-state index in [-0.39, 0.29) is 11.3 Å². The van der Waals surface area contributed by atoms with Crippen LogP contribution in [-0.2, 0) is 9.59 Å². The predicted octanol–water partition coefficient (Wildman–Crippen LogP) is 3.68. The number of para-hydroxylation sites is 2. The van der Waals surface area contributed by atoms with Crippen LogP contribution in [-0.4, -0.2) is 26.2 Å². The first-order valence-corrected chi connectivity index (χ1v) is 8.25. The smallest absolute Gasteiger partial charge is 0.269 e. The number of H-pyrrole nitrogens is 1. The van der Waals surface area contributed by atoms with Crippen molar-refractivity contribution in [3.8, 4) is 0 Å². The monoisotopic (exact) mass is 382 g/mol. The molecular weight excluding hydrogens is 368 g/mol. The van der Waals surface area contributed by atoms with Gasteiger partial charge in [0, 0.05) is 24.0 Å². The van der Waals surface area contributed by atoms with E-state index in [0.29, 0.717) is 10.5 Å². The molecule has 0 atom stereocenters. The molecule has 0 saturated carbocycles. The van der Waals surface area contributed by atoms with Gasteiger partial charge in [-0.15, -0.1) is 0 Å². The standard InChI is InChI=1S/C18H14N4O4S/c1-11(23)14(10-21-16-5-3-2-4-15(16)20-18(21)27)17(24)19-12-6-8-13(9-7-12)22(25)26/h2-10H,1H3,(H,19,24)(H,20,27). The molecule has 1 amide bonds. The lowest BCUT2D eigenvalue weighted by atomic mass is 10.1. The van der Waals surface area contributed by atoms with Crippen LogP contribution >= 0.6 is 12.2 Å². The van der Waals surface area contributed by atoms with E-state index in [1.165, 1.54) is 37.4 Å². The lowest BCUT2D eigenvalue weighted by molar-refractivity contribution is -0.384. The van der Waals surface area contributed by atoms with Crippen LogP contribution in [0.25, 0.3) is 17.2 Å². The number of aromatic nitrogens is 2. The number of fused-ring (bicyclic) bond motifs is 1. The van der Waals surface area contributed by atoms with Gasteiger partial charge < -0.3 is 10.3 Å². The molecule has 0 saturated heterocycles. The maximum absolute atomic E-state index is 12.6. The Morgan fingerprint density at radius 2 is 1.85 bits per heavy atom. The Kier molecular flexibility index (Phi) is 4.95. The van der Waals surface area contributed by atoms with Crippen molar-refractivity contribution >= 4 is 52.5 Å². The Hall–Kier alpha value is -3.59. The number of carbonyl (C=O) groups is 2. The zero-order chi connectivity index (χ0) is 19.6. The average molecular weight is 382 g/mol. The highest BCUT2D eigenvalue weighted by atomic mass is 32.1. The van der Waals surface area contributed by atoms with E-state index in [4.69, 9.17) is 12.2 Å². The first-order valence-electron chi connectivity index (χ1n) is 7.84. The van der Waals surface area contributed by atoms with Gasteiger partial charge in [0.1, 0.15) is 0 Å². The van der Waals surface area contributed by atoms with Crippen molar-refractivity contribution in [1.29, 1.82) is 0 Å². The molecule has 136 valence electrons. The maximum atomic E-state index is 12.6. The summed E-state index contributed by atoms with van der Waals surface area (Å²) in [5.74, 6) is -1.08. The molecule has 9 heteroatoms. The topological polar surface area (TPSA) is 110 Å². The van der Waals surface area contributed by atoms with Crippen LogP contribution in [0.1, 0.15) is 6.92 Å². The third-order valence-corrected chi connectivity index (χ3v) is 4.14. The Morgan fingerprint density at radius 3 is 2.48 bits per heavy atom. The van der Waals surface area contributed by atoms with Gasteiger partial charge in [0.2, 0.25) is 0 Å². The van der Waals surface area contributed by atoms with Gasteiger partial charge in [-0.2, -0.15) is 0 Å². The van der Waals surface area contributed by atoms with Gasteiger partial charge in [-0.25, -0.2) is 0 Å². The molecule has 3 rings (SSSR count). The summed E-state index contributed by atoms with van der Waals surface area (Å²) in [6, 6.07) is 12.6. The number of aromatic amines is 1. The molecule has 0 fully saturated rings. The summed E-state index contributed by atoms with van der Waals surface area (Å²) in [7, 11) is 0. The van der Waals surface area contributed by atoms with Crippen molar-refractivity contribution in [3.05, 3.63) is 69.0 Å². The number of carbonyl (C=O) groups excluding carboxylic acids is 2. The first kappa shape index (κ1) is 18.2. The number of benzene rings is 2. The predicted molar refractivity (Wildman–Crippen MR) is 104 cm³/mol. The first-order chi connectivity index (χ1) is 12.9. The van der Waals surface area contributed by atoms with Crippen molar-refractivity contribution < 1.29 is 14.5 Å². The SMILES string of the molecule is CC(=O)C(=Cn1c(=S)[nH]c2ccccc21)C(=O)Nc1ccc([N+](=O)[O-])cc1. The molecule has 0 spiro atoms. The normalized spacial score (nSPS) is 11.4. The molecule has 2 N–H and O–H groups in total. The van der Waals surface area contributed by atoms with Gasteiger partial charge in [0.25, 0.3) is 11.6 Å². The average Bonchev–Trinajstić information content (AvgIpc) is 2.94. The van der Waals surface area contributed by atoms with E-state index in [1.54, 1.807) is 4.57 Å². The van der Waals surface area contributed by atoms with E-state index in [1.807, 2.05) is 24.3 Å². The summed E-state index contributed by atoms with van der Waals surface area (Å²) in [5, 5.41) is 13.3. The number of ketones is 1. The van der Waals surface area contributed by atoms with Gasteiger partial charge in [0.05, 0.1) is 21.5 Å². The van der Waals surface area contributed by atoms with Crippen LogP contribution in [0.2, 0.25) is 0 Å². The summed E-state index contributed by atoms with van der Waals surface area (Å²) in [4.78, 5) is 37.7. The molecule has 0 aliphatic carbocycles. The fourth-order valence-corrected chi connectivity index (χ4v) is 2.77. The van der Waals surface area contributed by atoms with Gasteiger partial charge in [-0.1, -0.05) is 12.1 Å². The van der Waals surface area contributed by atoms with Crippen LogP contribution in [0.3, 0.4) is 0 Å². The van der Waals surface area contributed by atoms with E-state index < -0.39 is 16.6 Å². The summed E-state index contributed by atoms with van der Waals surface area (Å²) in [6.45, 7) is 1.28. The minimum absolute atomic E-state index is 0.0968. The Morgan fingerprint density at radius 1 is 1.19 bits per heavy atom. The number of nitro benzene ring substituents is 1. The number of Topliss-reactive ketones (excluding diaryl/α,β-unsaturated/α-hetero) is 1. The summed E-state index contributed by atoms with van der Waals surface area (Å²) < 4.78 is 1.90. The summed E-state index contributed by atoms with van der Waals surface area (Å²) in [5.41, 5.74) is 1.64. The zero-order valence-corrected chi connectivity index (χ0v) is 14.9. The van der Waals surface area contributed by atoms with E-state index in [2.05, 4.69) is 10.3 Å². The molecule has 0 aliphatic heterocycles. The van der Waals surface area contributed by atoms with Crippen molar-refractivity contribution in [2.75, 3.05) is 5.32 Å². The largest absolute Gasteiger partial charge is 0.330 e. The number of anilines is 1. The summed E-state index contributed by atoms with van der Waals surface area (Å²) in [6.07, 6.45) is 1.38. The molecule has 1 heterocycles. The number of hydrogen-bond donors (Lipinski definition) is 2. The van der Waals surface area contributed by atoms with E-state index in [0.717, 1.165) is 11.0 Å². The molecule has 0 unspecified atom stereocenters. The highest BCUT2D eigenvalue weighted by Crippen LogP contribution is 2.18. The molecule has 1 aromatic heterocycles. The second kappa shape index (κ2) is 7.34. The highest BCUT2D eigenvalue weighted by molar-refractivity contribution is 7.71. The number of rotatable bonds is 5. The van der Waals surface area contributed by atoms with Crippen LogP contribution in [0.4, 0.5) is 11.4 Å². The quantitative estimate of drug-likeness (QED) is 0.175. The van der Waals surface area contributed by atoms with Gasteiger partial charge in [-0.3, -0.25) is 24.3 Å². The summed E-state index contributed by atoms with van der Waals surface area (Å²) >= 11 is 5.27. The Labute approximate surface area is 158 Å². The Balaban J connectivity index is 1.95. The number of nitrogens with one attached hydrogen (secondary N) is 2. The molecule has 8 nitrogen and oxygen atoms in total. The third-order valence-electron chi connectivity index (χ3n) is 3.84. The molecule has 27 heavy (non-hydrogen) atoms. The van der Waals surface area contributed by atoms with Crippen molar-refractivity contribution in [3.63, 3.8) is 0 Å². The lowest BCUT2D eigenvalue weighted by Crippen LogP contribution is -2.19. The van der Waals surface area contributed by atoms with Crippen molar-refractivity contribution in [2.24, 2.45) is 0 Å². The number of hydrogen-bond acceptors (Lipinski definition) is 5. The number of imidazole rings is 1. The molecule has 3 aromatic rings. The third kappa shape index (κ3) is 3.82. The molecule has 2 aromatic carbocycles. The van der Waals surface area contributed by atoms with Crippen molar-refractivity contribution in [2.45, 2.75) is 6.92 Å². The van der Waals surface area contributed by atoms with Crippen molar-refractivity contribution in [1.82, 2.24) is 9.55 Å². The van der Waals surface area contributed by atoms with Crippen LogP contribution in [0.15, 0.2) is 54.1 Å². The second-order valence-corrected chi connectivity index (χ2v) is 6.06. The number of nitrogens with zero attached hydrogens (tertiary/aromatic N) is 2. The lowest BCUT2D eigenvalue weighted by Gasteiger charge is -2.07. The highest BCUT2D eigenvalue weighted by Gasteiger charge is 2.16. The fraction of sp³-hybridized carbons (Fsp3) is 0.0556. The van der Waals surface area contributed by atoms with E-state index >= 15 is 0 Å². The molecule has 0 aliphatic rings. The Bertz CT molecular complexity index is 1140. The number of nitro groups is 1. The van der Waals surface area contributed by atoms with Crippen LogP contribution < -0.4 is 5.32 Å². The van der Waals surface area contributed by atoms with Gasteiger partial charge in [-0.05, 0) is 43.4 Å². The minimum Gasteiger partial charge on any atom is -0.330 e. The molecule has 0 radical (unpaired) electrons. The molecule has 0 bridgehead atoms. The minimum atomic E-state index is -0.636. The van der Waals surface area contributed by atoms with Gasteiger partial charge in [0.15, 0.2) is 10.6 Å². The fourth-order valence-electron chi connectivity index (χ4n) is 2.51. The zero-order valence-electron chi connectivity index (χ0n) is 14.1. The van der Waals surface area contributed by atoms with E-state index in [9.17, 15) is 19.7 Å². The van der Waals surface area contributed by atoms with Crippen LogP contribution in [0.5, 0.6) is 0 Å². The second-order valence-electron chi connectivity index (χ2n) is 5.67. The number of amides is 1. The number of non-ortho nitro benzene ring substituents is 1. The van der Waals surface area contributed by atoms with Crippen LogP contribution in [0, 0.1) is 14.9 Å². The maximum Gasteiger partial charge on any atom is 0.269 e.